The van der Waals surface area contributed by atoms with Crippen molar-refractivity contribution in [3.8, 4) is 0 Å². The number of rotatable bonds is 7. The van der Waals surface area contributed by atoms with Crippen molar-refractivity contribution in [2.75, 3.05) is 17.0 Å². The van der Waals surface area contributed by atoms with Crippen molar-refractivity contribution >= 4 is 21.6 Å². The molecule has 1 rings (SSSR count). The summed E-state index contributed by atoms with van der Waals surface area (Å²) in [7, 11) is -3.32. The molecule has 0 aliphatic heterocycles. The van der Waals surface area contributed by atoms with E-state index in [0.29, 0.717) is 17.8 Å². The highest BCUT2D eigenvalue weighted by atomic mass is 32.2. The molecule has 0 radical (unpaired) electrons. The van der Waals surface area contributed by atoms with Crippen LogP contribution in [0.2, 0.25) is 0 Å². The molecule has 0 aromatic heterocycles. The van der Waals surface area contributed by atoms with Crippen molar-refractivity contribution in [3.05, 3.63) is 29.8 Å². The molecule has 0 saturated carbocycles. The van der Waals surface area contributed by atoms with Crippen LogP contribution in [0.25, 0.3) is 0 Å². The van der Waals surface area contributed by atoms with E-state index in [9.17, 15) is 13.2 Å². The average Bonchev–Trinajstić information content (AvgIpc) is 2.39. The first kappa shape index (κ1) is 15.5. The number of hydrogen-bond acceptors (Lipinski definition) is 3. The molecule has 2 N–H and O–H groups in total. The van der Waals surface area contributed by atoms with Gasteiger partial charge in [-0.3, -0.25) is 9.52 Å². The van der Waals surface area contributed by atoms with Gasteiger partial charge in [0, 0.05) is 17.8 Å². The molecule has 1 aromatic carbocycles. The Kier molecular flexibility index (Phi) is 5.82. The largest absolute Gasteiger partial charge is 0.352 e. The minimum Gasteiger partial charge on any atom is -0.352 e. The van der Waals surface area contributed by atoms with E-state index < -0.39 is 10.0 Å². The quantitative estimate of drug-likeness (QED) is 0.752. The number of carbonyl (C=O) groups is 1. The van der Waals surface area contributed by atoms with Crippen molar-refractivity contribution in [1.82, 2.24) is 5.32 Å². The predicted molar refractivity (Wildman–Crippen MR) is 76.8 cm³/mol. The Morgan fingerprint density at radius 3 is 2.63 bits per heavy atom. The third kappa shape index (κ3) is 5.30. The van der Waals surface area contributed by atoms with Gasteiger partial charge in [-0.05, 0) is 31.5 Å². The zero-order valence-corrected chi connectivity index (χ0v) is 12.1. The maximum absolute atomic E-state index is 11.8. The van der Waals surface area contributed by atoms with Crippen LogP contribution in [-0.4, -0.2) is 26.6 Å². The van der Waals surface area contributed by atoms with E-state index in [1.165, 1.54) is 6.07 Å². The molecule has 0 unspecified atom stereocenters. The molecular formula is C13H20N2O3S. The van der Waals surface area contributed by atoms with Crippen LogP contribution in [-0.2, 0) is 10.0 Å². The van der Waals surface area contributed by atoms with Gasteiger partial charge in [-0.25, -0.2) is 8.42 Å². The van der Waals surface area contributed by atoms with Crippen molar-refractivity contribution in [3.63, 3.8) is 0 Å². The Morgan fingerprint density at radius 1 is 1.26 bits per heavy atom. The summed E-state index contributed by atoms with van der Waals surface area (Å²) in [6, 6.07) is 6.47. The second-order valence-electron chi connectivity index (χ2n) is 4.20. The second-order valence-corrected chi connectivity index (χ2v) is 6.21. The van der Waals surface area contributed by atoms with Crippen LogP contribution in [0.5, 0.6) is 0 Å². The Bertz CT molecular complexity index is 526. The molecule has 0 fully saturated rings. The Morgan fingerprint density at radius 2 is 2.00 bits per heavy atom. The van der Waals surface area contributed by atoms with E-state index >= 15 is 0 Å². The molecule has 6 heteroatoms. The Balaban J connectivity index is 2.74. The van der Waals surface area contributed by atoms with Gasteiger partial charge in [0.15, 0.2) is 0 Å². The molecule has 0 saturated heterocycles. The lowest BCUT2D eigenvalue weighted by Crippen LogP contribution is -2.24. The predicted octanol–water partition coefficient (Wildman–Crippen LogP) is 1.98. The minimum absolute atomic E-state index is 0.0000753. The first-order chi connectivity index (χ1) is 8.98. The standard InChI is InChI=1S/C13H20N2O3S/c1-3-5-9-14-13(16)11-7-6-8-12(10-11)15-19(17,18)4-2/h6-8,10,15H,3-5,9H2,1-2H3,(H,14,16). The van der Waals surface area contributed by atoms with Crippen LogP contribution >= 0.6 is 0 Å². The molecule has 0 spiro atoms. The molecule has 0 heterocycles. The molecule has 1 amide bonds. The molecule has 0 bridgehead atoms. The average molecular weight is 284 g/mol. The zero-order chi connectivity index (χ0) is 14.3. The fourth-order valence-corrected chi connectivity index (χ4v) is 2.09. The fraction of sp³-hybridized carbons (Fsp3) is 0.462. The van der Waals surface area contributed by atoms with Gasteiger partial charge in [0.2, 0.25) is 10.0 Å². The van der Waals surface area contributed by atoms with E-state index in [-0.39, 0.29) is 11.7 Å². The van der Waals surface area contributed by atoms with Crippen molar-refractivity contribution in [2.45, 2.75) is 26.7 Å². The highest BCUT2D eigenvalue weighted by Gasteiger charge is 2.09. The number of nitrogens with one attached hydrogen (secondary N) is 2. The highest BCUT2D eigenvalue weighted by Crippen LogP contribution is 2.12. The van der Waals surface area contributed by atoms with Gasteiger partial charge in [-0.2, -0.15) is 0 Å². The van der Waals surface area contributed by atoms with Gasteiger partial charge < -0.3 is 5.32 Å². The lowest BCUT2D eigenvalue weighted by Gasteiger charge is -2.08. The zero-order valence-electron chi connectivity index (χ0n) is 11.3. The molecular weight excluding hydrogens is 264 g/mol. The number of unbranched alkanes of at least 4 members (excludes halogenated alkanes) is 1. The summed E-state index contributed by atoms with van der Waals surface area (Å²) >= 11 is 0. The lowest BCUT2D eigenvalue weighted by atomic mass is 10.2. The van der Waals surface area contributed by atoms with Crippen LogP contribution in [0.3, 0.4) is 0 Å². The maximum atomic E-state index is 11.8. The van der Waals surface area contributed by atoms with Crippen LogP contribution in [0.4, 0.5) is 5.69 Å². The molecule has 5 nitrogen and oxygen atoms in total. The van der Waals surface area contributed by atoms with Gasteiger partial charge in [-0.15, -0.1) is 0 Å². The number of anilines is 1. The van der Waals surface area contributed by atoms with Crippen LogP contribution < -0.4 is 10.0 Å². The first-order valence-corrected chi connectivity index (χ1v) is 8.02. The molecule has 0 aliphatic carbocycles. The summed E-state index contributed by atoms with van der Waals surface area (Å²) in [5.41, 5.74) is 0.859. The first-order valence-electron chi connectivity index (χ1n) is 6.37. The number of sulfonamides is 1. The van der Waals surface area contributed by atoms with Crippen LogP contribution in [0, 0.1) is 0 Å². The van der Waals surface area contributed by atoms with E-state index in [1.54, 1.807) is 25.1 Å². The Hall–Kier alpha value is -1.56. The van der Waals surface area contributed by atoms with E-state index in [0.717, 1.165) is 12.8 Å². The SMILES string of the molecule is CCCCNC(=O)c1cccc(NS(=O)(=O)CC)c1. The smallest absolute Gasteiger partial charge is 0.251 e. The van der Waals surface area contributed by atoms with Crippen LogP contribution in [0.1, 0.15) is 37.0 Å². The van der Waals surface area contributed by atoms with E-state index in [1.807, 2.05) is 6.92 Å². The highest BCUT2D eigenvalue weighted by molar-refractivity contribution is 7.92. The summed E-state index contributed by atoms with van der Waals surface area (Å²) in [6.45, 7) is 4.23. The van der Waals surface area contributed by atoms with Gasteiger partial charge in [0.25, 0.3) is 5.91 Å². The molecule has 19 heavy (non-hydrogen) atoms. The summed E-state index contributed by atoms with van der Waals surface area (Å²) in [6.07, 6.45) is 1.94. The second kappa shape index (κ2) is 7.13. The summed E-state index contributed by atoms with van der Waals surface area (Å²) in [5.74, 6) is -0.189. The van der Waals surface area contributed by atoms with E-state index in [4.69, 9.17) is 0 Å². The third-order valence-electron chi connectivity index (χ3n) is 2.59. The summed E-state index contributed by atoms with van der Waals surface area (Å²) in [5, 5.41) is 2.79. The third-order valence-corrected chi connectivity index (χ3v) is 3.90. The number of benzene rings is 1. The molecule has 0 aliphatic rings. The normalized spacial score (nSPS) is 11.1. The minimum atomic E-state index is -3.32. The van der Waals surface area contributed by atoms with Crippen molar-refractivity contribution in [2.24, 2.45) is 0 Å². The van der Waals surface area contributed by atoms with Gasteiger partial charge in [0.05, 0.1) is 5.75 Å². The number of amides is 1. The molecule has 106 valence electrons. The van der Waals surface area contributed by atoms with E-state index in [2.05, 4.69) is 10.0 Å². The van der Waals surface area contributed by atoms with Gasteiger partial charge in [-0.1, -0.05) is 19.4 Å². The lowest BCUT2D eigenvalue weighted by molar-refractivity contribution is 0.0953. The summed E-state index contributed by atoms with van der Waals surface area (Å²) < 4.78 is 25.3. The van der Waals surface area contributed by atoms with Crippen molar-refractivity contribution < 1.29 is 13.2 Å². The van der Waals surface area contributed by atoms with Crippen LogP contribution in [0.15, 0.2) is 24.3 Å². The molecule has 0 atom stereocenters. The number of carbonyl (C=O) groups excluding carboxylic acids is 1. The monoisotopic (exact) mass is 284 g/mol. The maximum Gasteiger partial charge on any atom is 0.251 e. The van der Waals surface area contributed by atoms with Gasteiger partial charge >= 0.3 is 0 Å². The summed E-state index contributed by atoms with van der Waals surface area (Å²) in [4.78, 5) is 11.8. The topological polar surface area (TPSA) is 75.3 Å². The molecule has 1 aromatic rings. The Labute approximate surface area is 114 Å². The fourth-order valence-electron chi connectivity index (χ4n) is 1.46. The van der Waals surface area contributed by atoms with Gasteiger partial charge in [0.1, 0.15) is 0 Å². The van der Waals surface area contributed by atoms with Crippen molar-refractivity contribution in [1.29, 1.82) is 0 Å². The number of hydrogen-bond donors (Lipinski definition) is 2.